The lowest BCUT2D eigenvalue weighted by atomic mass is 9.95. The van der Waals surface area contributed by atoms with Crippen LogP contribution in [0.3, 0.4) is 0 Å². The maximum absolute atomic E-state index is 12.1. The number of piperidine rings is 1. The van der Waals surface area contributed by atoms with Gasteiger partial charge >= 0.3 is 0 Å². The number of amides is 1. The number of hydrogen-bond donors (Lipinski definition) is 2. The molecule has 1 fully saturated rings. The van der Waals surface area contributed by atoms with E-state index in [-0.39, 0.29) is 24.4 Å². The fraction of sp³-hybridized carbons (Fsp3) is 0.562. The largest absolute Gasteiger partial charge is 0.327 e. The Kier molecular flexibility index (Phi) is 6.65. The number of nitrogens with one attached hydrogen (secondary N) is 1. The molecule has 1 amide bonds. The number of carbonyl (C=O) groups is 1. The van der Waals surface area contributed by atoms with Crippen molar-refractivity contribution in [3.63, 3.8) is 0 Å². The highest BCUT2D eigenvalue weighted by molar-refractivity contribution is 5.92. The van der Waals surface area contributed by atoms with Crippen LogP contribution in [0.25, 0.3) is 0 Å². The first-order valence-corrected chi connectivity index (χ1v) is 7.30. The average molecular weight is 312 g/mol. The minimum atomic E-state index is 0. The molecule has 1 aliphatic rings. The van der Waals surface area contributed by atoms with E-state index >= 15 is 0 Å². The van der Waals surface area contributed by atoms with Crippen molar-refractivity contribution in [1.29, 1.82) is 0 Å². The van der Waals surface area contributed by atoms with Crippen LogP contribution in [0.2, 0.25) is 0 Å². The van der Waals surface area contributed by atoms with Gasteiger partial charge in [0.05, 0.1) is 6.54 Å². The lowest BCUT2D eigenvalue weighted by Gasteiger charge is -2.34. The third-order valence-electron chi connectivity index (χ3n) is 4.21. The average Bonchev–Trinajstić information content (AvgIpc) is 2.38. The predicted octanol–water partition coefficient (Wildman–Crippen LogP) is 2.33. The van der Waals surface area contributed by atoms with Gasteiger partial charge in [0.15, 0.2) is 0 Å². The van der Waals surface area contributed by atoms with E-state index in [4.69, 9.17) is 5.73 Å². The molecule has 21 heavy (non-hydrogen) atoms. The van der Waals surface area contributed by atoms with Gasteiger partial charge in [-0.25, -0.2) is 0 Å². The Balaban J connectivity index is 0.00000220. The van der Waals surface area contributed by atoms with Crippen LogP contribution in [0.1, 0.15) is 24.5 Å². The van der Waals surface area contributed by atoms with Crippen LogP contribution in [0.5, 0.6) is 0 Å². The van der Waals surface area contributed by atoms with Crippen molar-refractivity contribution in [3.8, 4) is 0 Å². The lowest BCUT2D eigenvalue weighted by Crippen LogP contribution is -2.48. The normalized spacial score (nSPS) is 22.5. The van der Waals surface area contributed by atoms with Crippen molar-refractivity contribution < 1.29 is 4.79 Å². The second-order valence-electron chi connectivity index (χ2n) is 6.01. The molecule has 4 nitrogen and oxygen atoms in total. The van der Waals surface area contributed by atoms with Crippen LogP contribution in [0, 0.1) is 19.8 Å². The smallest absolute Gasteiger partial charge is 0.238 e. The van der Waals surface area contributed by atoms with Crippen LogP contribution >= 0.6 is 12.4 Å². The molecular weight excluding hydrogens is 286 g/mol. The van der Waals surface area contributed by atoms with Gasteiger partial charge in [0, 0.05) is 24.8 Å². The van der Waals surface area contributed by atoms with Crippen molar-refractivity contribution in [2.24, 2.45) is 11.7 Å². The zero-order chi connectivity index (χ0) is 14.7. The fourth-order valence-corrected chi connectivity index (χ4v) is 2.62. The molecule has 2 atom stereocenters. The number of anilines is 1. The van der Waals surface area contributed by atoms with Crippen molar-refractivity contribution >= 4 is 24.0 Å². The van der Waals surface area contributed by atoms with Crippen molar-refractivity contribution in [3.05, 3.63) is 29.3 Å². The molecule has 1 aromatic carbocycles. The zero-order valence-electron chi connectivity index (χ0n) is 13.1. The molecule has 3 N–H and O–H groups in total. The Morgan fingerprint density at radius 1 is 1.38 bits per heavy atom. The minimum Gasteiger partial charge on any atom is -0.327 e. The van der Waals surface area contributed by atoms with Crippen molar-refractivity contribution in [2.45, 2.75) is 33.2 Å². The molecule has 0 bridgehead atoms. The monoisotopic (exact) mass is 311 g/mol. The number of nitrogens with zero attached hydrogens (tertiary/aromatic N) is 1. The molecule has 1 aromatic rings. The van der Waals surface area contributed by atoms with Gasteiger partial charge in [-0.05, 0) is 49.4 Å². The van der Waals surface area contributed by atoms with E-state index in [0.717, 1.165) is 25.2 Å². The van der Waals surface area contributed by atoms with Crippen molar-refractivity contribution in [1.82, 2.24) is 4.90 Å². The molecule has 0 aromatic heterocycles. The van der Waals surface area contributed by atoms with Gasteiger partial charge in [-0.2, -0.15) is 0 Å². The highest BCUT2D eigenvalue weighted by Crippen LogP contribution is 2.16. The zero-order valence-corrected chi connectivity index (χ0v) is 13.9. The van der Waals surface area contributed by atoms with Crippen LogP contribution in [-0.4, -0.2) is 36.5 Å². The molecule has 0 aliphatic carbocycles. The molecule has 0 spiro atoms. The third kappa shape index (κ3) is 4.99. The second kappa shape index (κ2) is 7.78. The van der Waals surface area contributed by atoms with Gasteiger partial charge in [0.1, 0.15) is 0 Å². The van der Waals surface area contributed by atoms with E-state index in [0.29, 0.717) is 12.5 Å². The van der Waals surface area contributed by atoms with Crippen LogP contribution in [0.15, 0.2) is 18.2 Å². The topological polar surface area (TPSA) is 58.4 Å². The molecule has 1 heterocycles. The number of rotatable bonds is 3. The molecular formula is C16H26ClN3O. The number of likely N-dealkylation sites (tertiary alicyclic amines) is 1. The van der Waals surface area contributed by atoms with Crippen molar-refractivity contribution in [2.75, 3.05) is 25.0 Å². The summed E-state index contributed by atoms with van der Waals surface area (Å²) >= 11 is 0. The molecule has 118 valence electrons. The molecule has 1 saturated heterocycles. The van der Waals surface area contributed by atoms with Gasteiger partial charge in [0.2, 0.25) is 5.91 Å². The summed E-state index contributed by atoms with van der Waals surface area (Å²) in [7, 11) is 0. The van der Waals surface area contributed by atoms with Crippen LogP contribution < -0.4 is 11.1 Å². The van der Waals surface area contributed by atoms with E-state index in [2.05, 4.69) is 31.0 Å². The van der Waals surface area contributed by atoms with Gasteiger partial charge in [-0.3, -0.25) is 9.69 Å². The molecule has 5 heteroatoms. The number of halogens is 1. The Morgan fingerprint density at radius 3 is 2.71 bits per heavy atom. The maximum Gasteiger partial charge on any atom is 0.238 e. The first-order valence-electron chi connectivity index (χ1n) is 7.30. The predicted molar refractivity (Wildman–Crippen MR) is 90.0 cm³/mol. The summed E-state index contributed by atoms with van der Waals surface area (Å²) in [4.78, 5) is 14.3. The van der Waals surface area contributed by atoms with E-state index in [1.54, 1.807) is 0 Å². The maximum atomic E-state index is 12.1. The molecule has 1 aliphatic heterocycles. The Bertz CT molecular complexity index is 492. The summed E-state index contributed by atoms with van der Waals surface area (Å²) in [6.45, 7) is 8.54. The van der Waals surface area contributed by atoms with Gasteiger partial charge in [0.25, 0.3) is 0 Å². The molecule has 2 unspecified atom stereocenters. The van der Waals surface area contributed by atoms with E-state index in [1.165, 1.54) is 11.1 Å². The summed E-state index contributed by atoms with van der Waals surface area (Å²) in [5, 5.41) is 2.97. The Morgan fingerprint density at radius 2 is 2.10 bits per heavy atom. The number of carbonyl (C=O) groups excluding carboxylic acids is 1. The number of aryl methyl sites for hydroxylation is 2. The molecule has 0 radical (unpaired) electrons. The highest BCUT2D eigenvalue weighted by atomic mass is 35.5. The highest BCUT2D eigenvalue weighted by Gasteiger charge is 2.24. The van der Waals surface area contributed by atoms with E-state index < -0.39 is 0 Å². The SMILES string of the molecule is Cc1ccc(NC(=O)CN2CCC(N)C(C)C2)cc1C.Cl. The van der Waals surface area contributed by atoms with Gasteiger partial charge < -0.3 is 11.1 Å². The second-order valence-corrected chi connectivity index (χ2v) is 6.01. The van der Waals surface area contributed by atoms with Crippen LogP contribution in [-0.2, 0) is 4.79 Å². The quantitative estimate of drug-likeness (QED) is 0.901. The Labute approximate surface area is 133 Å². The fourth-order valence-electron chi connectivity index (χ4n) is 2.62. The summed E-state index contributed by atoms with van der Waals surface area (Å²) in [5.74, 6) is 0.508. The first-order chi connectivity index (χ1) is 9.45. The van der Waals surface area contributed by atoms with Gasteiger partial charge in [-0.15, -0.1) is 12.4 Å². The third-order valence-corrected chi connectivity index (χ3v) is 4.21. The van der Waals surface area contributed by atoms with Gasteiger partial charge in [-0.1, -0.05) is 13.0 Å². The number of benzene rings is 1. The van der Waals surface area contributed by atoms with E-state index in [9.17, 15) is 4.79 Å². The standard InChI is InChI=1S/C16H25N3O.ClH/c1-11-4-5-14(8-12(11)2)18-16(20)10-19-7-6-15(17)13(3)9-19;/h4-5,8,13,15H,6-7,9-10,17H2,1-3H3,(H,18,20);1H. The molecule has 0 saturated carbocycles. The lowest BCUT2D eigenvalue weighted by molar-refractivity contribution is -0.117. The number of nitrogens with two attached hydrogens (primary N) is 1. The molecule has 2 rings (SSSR count). The summed E-state index contributed by atoms with van der Waals surface area (Å²) in [6.07, 6.45) is 0.970. The minimum absolute atomic E-state index is 0. The first kappa shape index (κ1) is 18.0. The Hall–Kier alpha value is -1.10. The summed E-state index contributed by atoms with van der Waals surface area (Å²) in [6, 6.07) is 6.28. The summed E-state index contributed by atoms with van der Waals surface area (Å²) in [5.41, 5.74) is 9.31. The van der Waals surface area contributed by atoms with Crippen LogP contribution in [0.4, 0.5) is 5.69 Å². The number of hydrogen-bond acceptors (Lipinski definition) is 3. The summed E-state index contributed by atoms with van der Waals surface area (Å²) < 4.78 is 0. The van der Waals surface area contributed by atoms with E-state index in [1.807, 2.05) is 18.2 Å².